The lowest BCUT2D eigenvalue weighted by atomic mass is 9.87. The van der Waals surface area contributed by atoms with Gasteiger partial charge in [-0.05, 0) is 52.8 Å². The Morgan fingerprint density at radius 3 is 2.26 bits per heavy atom. The highest BCUT2D eigenvalue weighted by Crippen LogP contribution is 2.28. The Labute approximate surface area is 137 Å². The third-order valence-electron chi connectivity index (χ3n) is 3.64. The van der Waals surface area contributed by atoms with Gasteiger partial charge >= 0.3 is 0 Å². The molecule has 0 atom stereocenters. The van der Waals surface area contributed by atoms with Crippen LogP contribution in [0, 0.1) is 11.3 Å². The van der Waals surface area contributed by atoms with E-state index in [9.17, 15) is 5.26 Å². The zero-order valence-electron chi connectivity index (χ0n) is 14.0. The fraction of sp³-hybridized carbons (Fsp3) is 0.316. The van der Waals surface area contributed by atoms with Gasteiger partial charge in [-0.3, -0.25) is 5.43 Å². The maximum Gasteiger partial charge on any atom is 0.146 e. The Hall–Kier alpha value is -2.67. The minimum atomic E-state index is 0.291. The summed E-state index contributed by atoms with van der Waals surface area (Å²) in [6.07, 6.45) is 3.49. The zero-order chi connectivity index (χ0) is 16.8. The molecule has 1 aromatic heterocycles. The van der Waals surface area contributed by atoms with Crippen LogP contribution in [-0.2, 0) is 0 Å². The van der Waals surface area contributed by atoms with Crippen molar-refractivity contribution in [2.75, 3.05) is 5.43 Å². The van der Waals surface area contributed by atoms with E-state index in [1.165, 1.54) is 0 Å². The minimum absolute atomic E-state index is 0.291. The summed E-state index contributed by atoms with van der Waals surface area (Å²) in [6, 6.07) is 12.1. The SMILES string of the molecule is CC(C)c1cc(/C=N/Nc2ccccn2)cc(C(C)C)c1C#N. The number of rotatable bonds is 5. The van der Waals surface area contributed by atoms with Crippen LogP contribution in [0.5, 0.6) is 0 Å². The lowest BCUT2D eigenvalue weighted by molar-refractivity contribution is 0.826. The van der Waals surface area contributed by atoms with Gasteiger partial charge in [0.2, 0.25) is 0 Å². The average molecular weight is 306 g/mol. The van der Waals surface area contributed by atoms with E-state index in [1.807, 2.05) is 30.3 Å². The van der Waals surface area contributed by atoms with E-state index in [1.54, 1.807) is 12.4 Å². The van der Waals surface area contributed by atoms with Crippen LogP contribution in [0.15, 0.2) is 41.6 Å². The topological polar surface area (TPSA) is 61.1 Å². The second kappa shape index (κ2) is 7.55. The molecule has 0 aliphatic heterocycles. The van der Waals surface area contributed by atoms with Gasteiger partial charge in [-0.25, -0.2) is 4.98 Å². The summed E-state index contributed by atoms with van der Waals surface area (Å²) in [5.74, 6) is 1.28. The van der Waals surface area contributed by atoms with Crippen LogP contribution in [-0.4, -0.2) is 11.2 Å². The van der Waals surface area contributed by atoms with Crippen molar-refractivity contribution in [2.24, 2.45) is 5.10 Å². The van der Waals surface area contributed by atoms with Crippen molar-refractivity contribution in [3.8, 4) is 6.07 Å². The Morgan fingerprint density at radius 2 is 1.78 bits per heavy atom. The number of hydrogen-bond acceptors (Lipinski definition) is 4. The van der Waals surface area contributed by atoms with Gasteiger partial charge in [0.05, 0.1) is 17.8 Å². The number of nitrogens with one attached hydrogen (secondary N) is 1. The monoisotopic (exact) mass is 306 g/mol. The van der Waals surface area contributed by atoms with E-state index in [0.29, 0.717) is 17.7 Å². The van der Waals surface area contributed by atoms with Crippen LogP contribution in [0.4, 0.5) is 5.82 Å². The van der Waals surface area contributed by atoms with Crippen LogP contribution in [0.3, 0.4) is 0 Å². The lowest BCUT2D eigenvalue weighted by Gasteiger charge is -2.16. The van der Waals surface area contributed by atoms with Crippen molar-refractivity contribution < 1.29 is 0 Å². The predicted octanol–water partition coefficient (Wildman–Crippen LogP) is 4.65. The highest BCUT2D eigenvalue weighted by atomic mass is 15.3. The number of nitrogens with zero attached hydrogens (tertiary/aromatic N) is 3. The van der Waals surface area contributed by atoms with Gasteiger partial charge in [0.25, 0.3) is 0 Å². The Kier molecular flexibility index (Phi) is 5.48. The van der Waals surface area contributed by atoms with Crippen molar-refractivity contribution in [3.63, 3.8) is 0 Å². The molecule has 1 N–H and O–H groups in total. The average Bonchev–Trinajstić information content (AvgIpc) is 2.54. The fourth-order valence-corrected chi connectivity index (χ4v) is 2.43. The summed E-state index contributed by atoms with van der Waals surface area (Å²) in [5.41, 5.74) is 6.83. The molecule has 0 aliphatic rings. The molecule has 0 amide bonds. The van der Waals surface area contributed by atoms with E-state index in [4.69, 9.17) is 0 Å². The molecular weight excluding hydrogens is 284 g/mol. The number of benzene rings is 1. The molecule has 23 heavy (non-hydrogen) atoms. The van der Waals surface area contributed by atoms with Gasteiger partial charge in [-0.15, -0.1) is 0 Å². The molecule has 4 nitrogen and oxygen atoms in total. The van der Waals surface area contributed by atoms with Gasteiger partial charge in [-0.1, -0.05) is 33.8 Å². The van der Waals surface area contributed by atoms with Crippen molar-refractivity contribution in [1.29, 1.82) is 5.26 Å². The first-order chi connectivity index (χ1) is 11.0. The molecule has 118 valence electrons. The van der Waals surface area contributed by atoms with Crippen LogP contribution < -0.4 is 5.43 Å². The first-order valence-corrected chi connectivity index (χ1v) is 7.81. The number of aromatic nitrogens is 1. The molecule has 1 aromatic carbocycles. The maximum atomic E-state index is 9.51. The van der Waals surface area contributed by atoms with Crippen LogP contribution in [0.25, 0.3) is 0 Å². The number of anilines is 1. The Balaban J connectivity index is 2.34. The molecule has 0 saturated heterocycles. The van der Waals surface area contributed by atoms with Gasteiger partial charge < -0.3 is 0 Å². The normalized spacial score (nSPS) is 11.2. The van der Waals surface area contributed by atoms with Gasteiger partial charge in [0.1, 0.15) is 5.82 Å². The summed E-state index contributed by atoms with van der Waals surface area (Å²) in [7, 11) is 0. The molecule has 0 fully saturated rings. The molecule has 2 rings (SSSR count). The third kappa shape index (κ3) is 4.17. The second-order valence-electron chi connectivity index (χ2n) is 6.08. The summed E-state index contributed by atoms with van der Waals surface area (Å²) in [4.78, 5) is 4.16. The Bertz CT molecular complexity index is 696. The quantitative estimate of drug-likeness (QED) is 0.646. The highest BCUT2D eigenvalue weighted by Gasteiger charge is 2.15. The van der Waals surface area contributed by atoms with Crippen LogP contribution in [0.1, 0.15) is 61.8 Å². The van der Waals surface area contributed by atoms with E-state index in [0.717, 1.165) is 22.3 Å². The predicted molar refractivity (Wildman–Crippen MR) is 94.8 cm³/mol. The van der Waals surface area contributed by atoms with Gasteiger partial charge in [0.15, 0.2) is 0 Å². The third-order valence-corrected chi connectivity index (χ3v) is 3.64. The summed E-state index contributed by atoms with van der Waals surface area (Å²) >= 11 is 0. The number of hydrogen-bond donors (Lipinski definition) is 1. The van der Waals surface area contributed by atoms with E-state index in [2.05, 4.69) is 49.3 Å². The van der Waals surface area contributed by atoms with Crippen LogP contribution >= 0.6 is 0 Å². The number of hydrazone groups is 1. The first-order valence-electron chi connectivity index (χ1n) is 7.81. The van der Waals surface area contributed by atoms with Crippen molar-refractivity contribution >= 4 is 12.0 Å². The summed E-state index contributed by atoms with van der Waals surface area (Å²) < 4.78 is 0. The number of nitriles is 1. The van der Waals surface area contributed by atoms with E-state index >= 15 is 0 Å². The zero-order valence-corrected chi connectivity index (χ0v) is 14.0. The van der Waals surface area contributed by atoms with Crippen molar-refractivity contribution in [2.45, 2.75) is 39.5 Å². The highest BCUT2D eigenvalue weighted by molar-refractivity contribution is 5.81. The molecule has 0 radical (unpaired) electrons. The minimum Gasteiger partial charge on any atom is -0.261 e. The molecule has 4 heteroatoms. The van der Waals surface area contributed by atoms with E-state index < -0.39 is 0 Å². The fourth-order valence-electron chi connectivity index (χ4n) is 2.43. The maximum absolute atomic E-state index is 9.51. The molecule has 0 aliphatic carbocycles. The molecule has 2 aromatic rings. The molecule has 0 bridgehead atoms. The van der Waals surface area contributed by atoms with Gasteiger partial charge in [0, 0.05) is 6.20 Å². The molecule has 0 unspecified atom stereocenters. The molecule has 1 heterocycles. The molecular formula is C19H22N4. The van der Waals surface area contributed by atoms with E-state index in [-0.39, 0.29) is 0 Å². The molecule has 0 spiro atoms. The number of pyridine rings is 1. The first kappa shape index (κ1) is 16.7. The summed E-state index contributed by atoms with van der Waals surface area (Å²) in [5, 5.41) is 13.8. The van der Waals surface area contributed by atoms with Crippen molar-refractivity contribution in [1.82, 2.24) is 4.98 Å². The lowest BCUT2D eigenvalue weighted by Crippen LogP contribution is -2.03. The smallest absolute Gasteiger partial charge is 0.146 e. The van der Waals surface area contributed by atoms with Gasteiger partial charge in [-0.2, -0.15) is 10.4 Å². The van der Waals surface area contributed by atoms with Crippen LogP contribution in [0.2, 0.25) is 0 Å². The summed E-state index contributed by atoms with van der Waals surface area (Å²) in [6.45, 7) is 8.42. The van der Waals surface area contributed by atoms with Crippen molar-refractivity contribution in [3.05, 3.63) is 58.8 Å². The largest absolute Gasteiger partial charge is 0.261 e. The standard InChI is InChI=1S/C19H22N4/c1-13(2)16-9-15(10-17(14(3)4)18(16)11-20)12-22-23-19-7-5-6-8-21-19/h5-10,12-14H,1-4H3,(H,21,23)/b22-12+. The Morgan fingerprint density at radius 1 is 1.13 bits per heavy atom. The second-order valence-corrected chi connectivity index (χ2v) is 6.08. The molecule has 0 saturated carbocycles.